The van der Waals surface area contributed by atoms with E-state index in [1.54, 1.807) is 0 Å². The molecule has 4 nitrogen and oxygen atoms in total. The number of ether oxygens (including phenoxy) is 1. The Hall–Kier alpha value is -1.06. The first-order valence-corrected chi connectivity index (χ1v) is 10.5. The first kappa shape index (κ1) is 17.4. The fourth-order valence-corrected chi connectivity index (χ4v) is 6.85. The SMILES string of the molecule is COC(=O)CCN(C(=O)C1CCCCC1)C12CC3CC(CC(C3)C1)C2. The van der Waals surface area contributed by atoms with Crippen LogP contribution in [0.3, 0.4) is 0 Å². The Balaban J connectivity index is 1.56. The summed E-state index contributed by atoms with van der Waals surface area (Å²) in [4.78, 5) is 27.5. The molecule has 4 bridgehead atoms. The van der Waals surface area contributed by atoms with Crippen molar-refractivity contribution in [3.8, 4) is 0 Å². The van der Waals surface area contributed by atoms with E-state index in [2.05, 4.69) is 4.90 Å². The van der Waals surface area contributed by atoms with Crippen LogP contribution in [-0.4, -0.2) is 36.0 Å². The van der Waals surface area contributed by atoms with Gasteiger partial charge in [0.15, 0.2) is 0 Å². The van der Waals surface area contributed by atoms with Gasteiger partial charge in [0.25, 0.3) is 0 Å². The molecular formula is C21H33NO3. The summed E-state index contributed by atoms with van der Waals surface area (Å²) in [5.41, 5.74) is 0.0529. The monoisotopic (exact) mass is 347 g/mol. The molecule has 0 aromatic carbocycles. The normalized spacial score (nSPS) is 37.1. The molecule has 0 aliphatic heterocycles. The molecule has 0 spiro atoms. The third-order valence-electron chi connectivity index (χ3n) is 7.57. The van der Waals surface area contributed by atoms with Crippen molar-refractivity contribution in [2.75, 3.05) is 13.7 Å². The van der Waals surface area contributed by atoms with Crippen molar-refractivity contribution in [3.05, 3.63) is 0 Å². The number of esters is 1. The Bertz CT molecular complexity index is 488. The molecule has 0 unspecified atom stereocenters. The lowest BCUT2D eigenvalue weighted by molar-refractivity contribution is -0.158. The molecule has 5 rings (SSSR count). The van der Waals surface area contributed by atoms with E-state index in [9.17, 15) is 9.59 Å². The van der Waals surface area contributed by atoms with Gasteiger partial charge in [-0.3, -0.25) is 9.59 Å². The molecule has 0 aromatic heterocycles. The Morgan fingerprint density at radius 3 is 2.04 bits per heavy atom. The minimum atomic E-state index is -0.189. The Morgan fingerprint density at radius 1 is 0.960 bits per heavy atom. The van der Waals surface area contributed by atoms with Gasteiger partial charge in [0, 0.05) is 18.0 Å². The van der Waals surface area contributed by atoms with Crippen LogP contribution >= 0.6 is 0 Å². The smallest absolute Gasteiger partial charge is 0.307 e. The highest BCUT2D eigenvalue weighted by molar-refractivity contribution is 5.80. The lowest BCUT2D eigenvalue weighted by Crippen LogP contribution is -2.62. The van der Waals surface area contributed by atoms with Crippen LogP contribution in [0.25, 0.3) is 0 Å². The fraction of sp³-hybridized carbons (Fsp3) is 0.905. The lowest BCUT2D eigenvalue weighted by Gasteiger charge is -2.61. The molecule has 0 N–H and O–H groups in total. The van der Waals surface area contributed by atoms with Crippen molar-refractivity contribution in [3.63, 3.8) is 0 Å². The molecule has 5 saturated carbocycles. The Labute approximate surface area is 151 Å². The Morgan fingerprint density at radius 2 is 1.52 bits per heavy atom. The van der Waals surface area contributed by atoms with Gasteiger partial charge in [-0.05, 0) is 69.1 Å². The van der Waals surface area contributed by atoms with E-state index in [0.717, 1.165) is 30.6 Å². The number of nitrogens with zero attached hydrogens (tertiary/aromatic N) is 1. The molecule has 0 heterocycles. The summed E-state index contributed by atoms with van der Waals surface area (Å²) >= 11 is 0. The zero-order valence-corrected chi connectivity index (χ0v) is 15.7. The third-order valence-corrected chi connectivity index (χ3v) is 7.57. The number of methoxy groups -OCH3 is 1. The molecule has 4 heteroatoms. The minimum absolute atomic E-state index is 0.0529. The van der Waals surface area contributed by atoms with Gasteiger partial charge in [-0.25, -0.2) is 0 Å². The zero-order chi connectivity index (χ0) is 17.4. The highest BCUT2D eigenvalue weighted by atomic mass is 16.5. The number of carbonyl (C=O) groups is 2. The van der Waals surface area contributed by atoms with Gasteiger partial charge in [-0.2, -0.15) is 0 Å². The summed E-state index contributed by atoms with van der Waals surface area (Å²) in [6.07, 6.45) is 13.7. The van der Waals surface area contributed by atoms with Crippen LogP contribution in [-0.2, 0) is 14.3 Å². The first-order chi connectivity index (χ1) is 12.1. The maximum atomic E-state index is 13.5. The summed E-state index contributed by atoms with van der Waals surface area (Å²) in [7, 11) is 1.44. The maximum Gasteiger partial charge on any atom is 0.307 e. The molecule has 5 fully saturated rings. The number of rotatable bonds is 5. The summed E-state index contributed by atoms with van der Waals surface area (Å²) < 4.78 is 4.87. The van der Waals surface area contributed by atoms with Crippen molar-refractivity contribution in [1.29, 1.82) is 0 Å². The van der Waals surface area contributed by atoms with E-state index < -0.39 is 0 Å². The van der Waals surface area contributed by atoms with Gasteiger partial charge in [0.05, 0.1) is 13.5 Å². The van der Waals surface area contributed by atoms with Crippen LogP contribution < -0.4 is 0 Å². The highest BCUT2D eigenvalue weighted by Gasteiger charge is 2.55. The fourth-order valence-electron chi connectivity index (χ4n) is 6.85. The van der Waals surface area contributed by atoms with Gasteiger partial charge < -0.3 is 9.64 Å². The standard InChI is InChI=1S/C21H33NO3/c1-25-19(23)7-8-22(20(24)18-5-3-2-4-6-18)21-12-15-9-16(13-21)11-17(10-15)14-21/h15-18H,2-14H2,1H3. The molecule has 140 valence electrons. The molecule has 0 saturated heterocycles. The summed E-state index contributed by atoms with van der Waals surface area (Å²) in [5.74, 6) is 2.79. The van der Waals surface area contributed by atoms with E-state index >= 15 is 0 Å². The van der Waals surface area contributed by atoms with Gasteiger partial charge >= 0.3 is 5.97 Å². The number of amides is 1. The average molecular weight is 347 g/mol. The van der Waals surface area contributed by atoms with Crippen molar-refractivity contribution in [2.24, 2.45) is 23.7 Å². The molecule has 0 radical (unpaired) electrons. The van der Waals surface area contributed by atoms with E-state index in [1.165, 1.54) is 64.9 Å². The molecule has 0 atom stereocenters. The van der Waals surface area contributed by atoms with Crippen LogP contribution in [0.2, 0.25) is 0 Å². The van der Waals surface area contributed by atoms with Crippen LogP contribution in [0, 0.1) is 23.7 Å². The lowest BCUT2D eigenvalue weighted by atomic mass is 9.52. The minimum Gasteiger partial charge on any atom is -0.469 e. The van der Waals surface area contributed by atoms with Gasteiger partial charge in [-0.1, -0.05) is 19.3 Å². The molecule has 0 aromatic rings. The Kier molecular flexibility index (Phi) is 4.81. The molecular weight excluding hydrogens is 314 g/mol. The number of hydrogen-bond acceptors (Lipinski definition) is 3. The summed E-state index contributed by atoms with van der Waals surface area (Å²) in [5, 5.41) is 0. The largest absolute Gasteiger partial charge is 0.469 e. The van der Waals surface area contributed by atoms with Gasteiger partial charge in [-0.15, -0.1) is 0 Å². The summed E-state index contributed by atoms with van der Waals surface area (Å²) in [6.45, 7) is 0.564. The third kappa shape index (κ3) is 3.33. The number of hydrogen-bond donors (Lipinski definition) is 0. The van der Waals surface area contributed by atoms with Gasteiger partial charge in [0.2, 0.25) is 5.91 Å². The van der Waals surface area contributed by atoms with Crippen LogP contribution in [0.5, 0.6) is 0 Å². The van der Waals surface area contributed by atoms with E-state index in [-0.39, 0.29) is 17.4 Å². The average Bonchev–Trinajstić information content (AvgIpc) is 2.61. The zero-order valence-electron chi connectivity index (χ0n) is 15.7. The van der Waals surface area contributed by atoms with E-state index in [0.29, 0.717) is 18.9 Å². The highest BCUT2D eigenvalue weighted by Crippen LogP contribution is 2.58. The second kappa shape index (κ2) is 6.92. The molecule has 1 amide bonds. The quantitative estimate of drug-likeness (QED) is 0.708. The first-order valence-electron chi connectivity index (χ1n) is 10.5. The van der Waals surface area contributed by atoms with Crippen LogP contribution in [0.1, 0.15) is 77.0 Å². The summed E-state index contributed by atoms with van der Waals surface area (Å²) in [6, 6.07) is 0. The van der Waals surface area contributed by atoms with Crippen molar-refractivity contribution >= 4 is 11.9 Å². The van der Waals surface area contributed by atoms with Crippen molar-refractivity contribution < 1.29 is 14.3 Å². The maximum absolute atomic E-state index is 13.5. The molecule has 5 aliphatic carbocycles. The van der Waals surface area contributed by atoms with Crippen molar-refractivity contribution in [1.82, 2.24) is 4.90 Å². The molecule has 5 aliphatic rings. The van der Waals surface area contributed by atoms with Crippen molar-refractivity contribution in [2.45, 2.75) is 82.6 Å². The second-order valence-electron chi connectivity index (χ2n) is 9.29. The van der Waals surface area contributed by atoms with Gasteiger partial charge in [0.1, 0.15) is 0 Å². The van der Waals surface area contributed by atoms with Crippen LogP contribution in [0.4, 0.5) is 0 Å². The molecule has 25 heavy (non-hydrogen) atoms. The predicted molar refractivity (Wildman–Crippen MR) is 95.8 cm³/mol. The van der Waals surface area contributed by atoms with E-state index in [1.807, 2.05) is 0 Å². The topological polar surface area (TPSA) is 46.6 Å². The number of carbonyl (C=O) groups excluding carboxylic acids is 2. The predicted octanol–water partition coefficient (Wildman–Crippen LogP) is 3.93. The second-order valence-corrected chi connectivity index (χ2v) is 9.29. The van der Waals surface area contributed by atoms with Crippen LogP contribution in [0.15, 0.2) is 0 Å². The van der Waals surface area contributed by atoms with E-state index in [4.69, 9.17) is 4.74 Å².